The molecule has 0 amide bonds. The molecule has 12 nitrogen and oxygen atoms in total. The van der Waals surface area contributed by atoms with Gasteiger partial charge >= 0.3 is 10.4 Å². The molecule has 0 fully saturated rings. The SMILES string of the molecule is CC(O)N(c1ccc(NOS(=O)(=O)ONc2ccc(N(C(C)O)C(C)O)cc2)cc1)C(C)O. The predicted octanol–water partition coefficient (Wildman–Crippen LogP) is 1.28. The van der Waals surface area contributed by atoms with Crippen LogP contribution in [0.3, 0.4) is 0 Å². The summed E-state index contributed by atoms with van der Waals surface area (Å²) in [6, 6.07) is 12.2. The second kappa shape index (κ2) is 11.5. The van der Waals surface area contributed by atoms with Gasteiger partial charge in [-0.2, -0.15) is 8.42 Å². The Balaban J connectivity index is 1.93. The second-order valence-electron chi connectivity index (χ2n) is 7.21. The van der Waals surface area contributed by atoms with Crippen LogP contribution in [0.15, 0.2) is 48.5 Å². The molecule has 33 heavy (non-hydrogen) atoms. The molecule has 0 aliphatic carbocycles. The summed E-state index contributed by atoms with van der Waals surface area (Å²) in [5, 5.41) is 39.0. The number of aliphatic hydroxyl groups is 4. The van der Waals surface area contributed by atoms with Crippen LogP contribution < -0.4 is 20.8 Å². The van der Waals surface area contributed by atoms with E-state index in [0.29, 0.717) is 11.4 Å². The third kappa shape index (κ3) is 7.71. The number of benzene rings is 2. The van der Waals surface area contributed by atoms with Crippen LogP contribution in [-0.4, -0.2) is 53.8 Å². The van der Waals surface area contributed by atoms with E-state index in [1.54, 1.807) is 24.3 Å². The molecule has 184 valence electrons. The highest BCUT2D eigenvalue weighted by Gasteiger charge is 2.19. The Morgan fingerprint density at radius 3 is 1.15 bits per heavy atom. The van der Waals surface area contributed by atoms with Gasteiger partial charge in [0.25, 0.3) is 0 Å². The van der Waals surface area contributed by atoms with Gasteiger partial charge < -0.3 is 30.2 Å². The summed E-state index contributed by atoms with van der Waals surface area (Å²) in [5.74, 6) is 0. The number of hydrogen-bond donors (Lipinski definition) is 6. The molecule has 2 rings (SSSR count). The fraction of sp³-hybridized carbons (Fsp3) is 0.400. The summed E-state index contributed by atoms with van der Waals surface area (Å²) in [4.78, 5) is 2.70. The summed E-state index contributed by atoms with van der Waals surface area (Å²) in [6.07, 6.45) is -3.74. The zero-order chi connectivity index (χ0) is 24.8. The molecule has 0 spiro atoms. The van der Waals surface area contributed by atoms with Crippen LogP contribution in [0.4, 0.5) is 22.7 Å². The lowest BCUT2D eigenvalue weighted by molar-refractivity contribution is 0.104. The smallest absolute Gasteiger partial charge is 0.374 e. The number of rotatable bonds is 12. The van der Waals surface area contributed by atoms with Crippen LogP contribution in [0.1, 0.15) is 27.7 Å². The molecule has 0 aliphatic heterocycles. The van der Waals surface area contributed by atoms with Crippen molar-refractivity contribution in [3.05, 3.63) is 48.5 Å². The topological polar surface area (TPSA) is 164 Å². The Hall–Kier alpha value is -2.65. The van der Waals surface area contributed by atoms with Gasteiger partial charge in [0.05, 0.1) is 11.4 Å². The zero-order valence-electron chi connectivity index (χ0n) is 18.7. The maximum absolute atomic E-state index is 12.0. The first-order valence-corrected chi connectivity index (χ1v) is 11.4. The van der Waals surface area contributed by atoms with Crippen molar-refractivity contribution in [1.82, 2.24) is 0 Å². The lowest BCUT2D eigenvalue weighted by Gasteiger charge is -2.30. The van der Waals surface area contributed by atoms with E-state index in [9.17, 15) is 28.8 Å². The van der Waals surface area contributed by atoms with E-state index >= 15 is 0 Å². The fourth-order valence-corrected chi connectivity index (χ4v) is 3.54. The maximum Gasteiger partial charge on any atom is 0.441 e. The molecule has 2 aromatic rings. The molecule has 0 radical (unpaired) electrons. The molecule has 0 saturated heterocycles. The number of aliphatic hydroxyl groups excluding tert-OH is 4. The molecule has 0 aromatic heterocycles. The summed E-state index contributed by atoms with van der Waals surface area (Å²) >= 11 is 0. The third-order valence-corrected chi connectivity index (χ3v) is 5.04. The zero-order valence-corrected chi connectivity index (χ0v) is 19.5. The highest BCUT2D eigenvalue weighted by atomic mass is 32.3. The van der Waals surface area contributed by atoms with Crippen LogP contribution in [0.5, 0.6) is 0 Å². The van der Waals surface area contributed by atoms with E-state index in [4.69, 9.17) is 0 Å². The van der Waals surface area contributed by atoms with Crippen molar-refractivity contribution < 1.29 is 37.4 Å². The summed E-state index contributed by atoms with van der Waals surface area (Å²) in [7, 11) is -4.49. The largest absolute Gasteiger partial charge is 0.441 e. The van der Waals surface area contributed by atoms with Crippen molar-refractivity contribution in [2.24, 2.45) is 0 Å². The number of nitrogens with zero attached hydrogens (tertiary/aromatic N) is 2. The molecule has 4 atom stereocenters. The van der Waals surface area contributed by atoms with E-state index in [1.165, 1.54) is 61.8 Å². The highest BCUT2D eigenvalue weighted by Crippen LogP contribution is 2.23. The van der Waals surface area contributed by atoms with Gasteiger partial charge in [0, 0.05) is 11.4 Å². The second-order valence-corrected chi connectivity index (χ2v) is 8.36. The van der Waals surface area contributed by atoms with Gasteiger partial charge in [-0.05, 0) is 76.2 Å². The molecular weight excluding hydrogens is 456 g/mol. The van der Waals surface area contributed by atoms with Crippen LogP contribution >= 0.6 is 0 Å². The van der Waals surface area contributed by atoms with E-state index in [1.807, 2.05) is 0 Å². The van der Waals surface area contributed by atoms with Crippen molar-refractivity contribution in [3.8, 4) is 0 Å². The normalized spacial score (nSPS) is 15.3. The minimum atomic E-state index is -4.49. The van der Waals surface area contributed by atoms with Gasteiger partial charge in [-0.15, -0.1) is 8.57 Å². The van der Waals surface area contributed by atoms with Gasteiger partial charge in [-0.1, -0.05) is 0 Å². The Bertz CT molecular complexity index is 877. The first kappa shape index (κ1) is 26.6. The van der Waals surface area contributed by atoms with Crippen LogP contribution in [0.25, 0.3) is 0 Å². The Morgan fingerprint density at radius 1 is 0.636 bits per heavy atom. The van der Waals surface area contributed by atoms with E-state index in [2.05, 4.69) is 19.5 Å². The fourth-order valence-electron chi connectivity index (χ4n) is 3.11. The number of anilines is 4. The molecule has 4 unspecified atom stereocenters. The Morgan fingerprint density at radius 2 is 0.909 bits per heavy atom. The molecule has 2 aromatic carbocycles. The lowest BCUT2D eigenvalue weighted by atomic mass is 10.2. The first-order valence-electron chi connectivity index (χ1n) is 10.0. The number of nitrogens with one attached hydrogen (secondary N) is 2. The average Bonchev–Trinajstić information content (AvgIpc) is 2.72. The van der Waals surface area contributed by atoms with E-state index < -0.39 is 35.3 Å². The predicted molar refractivity (Wildman–Crippen MR) is 123 cm³/mol. The minimum Gasteiger partial charge on any atom is -0.374 e. The van der Waals surface area contributed by atoms with Crippen molar-refractivity contribution >= 4 is 33.1 Å². The van der Waals surface area contributed by atoms with E-state index in [0.717, 1.165) is 0 Å². The van der Waals surface area contributed by atoms with E-state index in [-0.39, 0.29) is 11.4 Å². The van der Waals surface area contributed by atoms with Crippen LogP contribution in [0.2, 0.25) is 0 Å². The van der Waals surface area contributed by atoms with Crippen molar-refractivity contribution in [1.29, 1.82) is 0 Å². The Labute approximate surface area is 192 Å². The highest BCUT2D eigenvalue weighted by molar-refractivity contribution is 7.81. The average molecular weight is 487 g/mol. The molecule has 0 saturated carbocycles. The molecule has 0 aliphatic rings. The molecular formula is C20H30N4O8S. The summed E-state index contributed by atoms with van der Waals surface area (Å²) < 4.78 is 33.1. The van der Waals surface area contributed by atoms with Crippen molar-refractivity contribution in [2.75, 3.05) is 20.8 Å². The lowest BCUT2D eigenvalue weighted by Crippen LogP contribution is -2.40. The van der Waals surface area contributed by atoms with Crippen LogP contribution in [0, 0.1) is 0 Å². The molecule has 13 heteroatoms. The monoisotopic (exact) mass is 486 g/mol. The Kier molecular flexibility index (Phi) is 9.25. The van der Waals surface area contributed by atoms with Gasteiger partial charge in [-0.3, -0.25) is 0 Å². The molecule has 0 bridgehead atoms. The van der Waals surface area contributed by atoms with Gasteiger partial charge in [0.15, 0.2) is 0 Å². The third-order valence-electron chi connectivity index (χ3n) is 4.46. The van der Waals surface area contributed by atoms with Crippen molar-refractivity contribution in [2.45, 2.75) is 52.6 Å². The minimum absolute atomic E-state index is 0.280. The maximum atomic E-state index is 12.0. The van der Waals surface area contributed by atoms with Gasteiger partial charge in [0.2, 0.25) is 0 Å². The van der Waals surface area contributed by atoms with Gasteiger partial charge in [0.1, 0.15) is 24.9 Å². The standard InChI is InChI=1S/C20H30N4O8S/c1-13(25)23(14(2)26)19-9-5-17(6-10-19)21-31-33(29,30)32-22-18-7-11-20(12-8-18)24(15(3)27)16(4)28/h5-16,21-22,25-28H,1-4H3. The van der Waals surface area contributed by atoms with Crippen molar-refractivity contribution in [3.63, 3.8) is 0 Å². The first-order chi connectivity index (χ1) is 15.4. The summed E-state index contributed by atoms with van der Waals surface area (Å²) in [5.41, 5.74) is 6.06. The van der Waals surface area contributed by atoms with Crippen LogP contribution in [-0.2, 0) is 19.0 Å². The molecule has 0 heterocycles. The quantitative estimate of drug-likeness (QED) is 0.188. The summed E-state index contributed by atoms with van der Waals surface area (Å²) in [6.45, 7) is 6.01. The molecule has 6 N–H and O–H groups in total. The van der Waals surface area contributed by atoms with Gasteiger partial charge in [-0.25, -0.2) is 11.0 Å². The number of hydrogen-bond acceptors (Lipinski definition) is 12.